The van der Waals surface area contributed by atoms with E-state index in [4.69, 9.17) is 4.98 Å². The zero-order valence-corrected chi connectivity index (χ0v) is 12.4. The van der Waals surface area contributed by atoms with Crippen molar-refractivity contribution in [3.05, 3.63) is 36.0 Å². The van der Waals surface area contributed by atoms with Gasteiger partial charge in [0.1, 0.15) is 5.82 Å². The van der Waals surface area contributed by atoms with E-state index in [1.54, 1.807) is 0 Å². The van der Waals surface area contributed by atoms with Crippen molar-refractivity contribution in [1.82, 2.24) is 10.3 Å². The van der Waals surface area contributed by atoms with Gasteiger partial charge in [-0.05, 0) is 36.8 Å². The van der Waals surface area contributed by atoms with Crippen molar-refractivity contribution in [3.63, 3.8) is 0 Å². The molecule has 3 rings (SSSR count). The first kappa shape index (κ1) is 13.4. The number of pyridine rings is 1. The Morgan fingerprint density at radius 3 is 2.85 bits per heavy atom. The second-order valence-electron chi connectivity index (χ2n) is 5.88. The topological polar surface area (TPSA) is 28.2 Å². The lowest BCUT2D eigenvalue weighted by molar-refractivity contribution is 0.445. The molecule has 3 heteroatoms. The van der Waals surface area contributed by atoms with Crippen LogP contribution in [0.15, 0.2) is 30.5 Å². The van der Waals surface area contributed by atoms with E-state index >= 15 is 0 Å². The number of fused-ring (bicyclic) bond motifs is 1. The summed E-state index contributed by atoms with van der Waals surface area (Å²) in [6, 6.07) is 8.64. The number of anilines is 1. The van der Waals surface area contributed by atoms with Crippen LogP contribution in [-0.2, 0) is 6.54 Å². The van der Waals surface area contributed by atoms with E-state index in [9.17, 15) is 0 Å². The third-order valence-electron chi connectivity index (χ3n) is 4.18. The Hall–Kier alpha value is -1.61. The molecule has 2 heterocycles. The van der Waals surface area contributed by atoms with Gasteiger partial charge in [0, 0.05) is 31.2 Å². The van der Waals surface area contributed by atoms with Gasteiger partial charge in [-0.25, -0.2) is 4.98 Å². The highest BCUT2D eigenvalue weighted by molar-refractivity contribution is 5.94. The van der Waals surface area contributed by atoms with Crippen molar-refractivity contribution in [2.75, 3.05) is 25.0 Å². The summed E-state index contributed by atoms with van der Waals surface area (Å²) >= 11 is 0. The van der Waals surface area contributed by atoms with Gasteiger partial charge < -0.3 is 10.2 Å². The predicted octanol–water partition coefficient (Wildman–Crippen LogP) is 3.19. The van der Waals surface area contributed by atoms with E-state index in [-0.39, 0.29) is 0 Å². The molecular weight excluding hydrogens is 246 g/mol. The van der Waals surface area contributed by atoms with Crippen molar-refractivity contribution in [3.8, 4) is 0 Å². The van der Waals surface area contributed by atoms with Crippen LogP contribution in [0.4, 0.5) is 5.82 Å². The number of rotatable bonds is 3. The van der Waals surface area contributed by atoms with Crippen LogP contribution < -0.4 is 10.2 Å². The lowest BCUT2D eigenvalue weighted by atomic mass is 9.99. The maximum atomic E-state index is 4.77. The van der Waals surface area contributed by atoms with Crippen LogP contribution in [0, 0.1) is 5.92 Å². The second-order valence-corrected chi connectivity index (χ2v) is 5.88. The molecule has 1 aromatic carbocycles. The molecule has 20 heavy (non-hydrogen) atoms. The molecule has 1 aliphatic rings. The fourth-order valence-electron chi connectivity index (χ4n) is 3.20. The number of piperidine rings is 1. The molecule has 2 aromatic rings. The predicted molar refractivity (Wildman–Crippen MR) is 85.1 cm³/mol. The minimum absolute atomic E-state index is 0.765. The van der Waals surface area contributed by atoms with E-state index in [2.05, 4.69) is 41.4 Å². The monoisotopic (exact) mass is 269 g/mol. The molecule has 0 radical (unpaired) electrons. The molecule has 0 saturated carbocycles. The zero-order chi connectivity index (χ0) is 13.9. The summed E-state index contributed by atoms with van der Waals surface area (Å²) in [6.45, 7) is 5.46. The lowest BCUT2D eigenvalue weighted by Crippen LogP contribution is -2.35. The fourth-order valence-corrected chi connectivity index (χ4v) is 3.20. The van der Waals surface area contributed by atoms with Crippen molar-refractivity contribution < 1.29 is 0 Å². The van der Waals surface area contributed by atoms with Gasteiger partial charge in [0.2, 0.25) is 0 Å². The number of aromatic nitrogens is 1. The van der Waals surface area contributed by atoms with E-state index in [1.165, 1.54) is 29.2 Å². The third-order valence-corrected chi connectivity index (χ3v) is 4.18. The third kappa shape index (κ3) is 2.50. The summed E-state index contributed by atoms with van der Waals surface area (Å²) in [5.41, 5.74) is 1.27. The Balaban J connectivity index is 2.05. The number of nitrogens with one attached hydrogen (secondary N) is 1. The van der Waals surface area contributed by atoms with Gasteiger partial charge in [-0.2, -0.15) is 0 Å². The van der Waals surface area contributed by atoms with Gasteiger partial charge in [-0.1, -0.05) is 31.2 Å². The first-order valence-electron chi connectivity index (χ1n) is 7.55. The van der Waals surface area contributed by atoms with Gasteiger partial charge in [0.25, 0.3) is 0 Å². The van der Waals surface area contributed by atoms with Crippen LogP contribution in [0.2, 0.25) is 0 Å². The largest absolute Gasteiger partial charge is 0.356 e. The highest BCUT2D eigenvalue weighted by Gasteiger charge is 2.19. The number of hydrogen-bond donors (Lipinski definition) is 1. The first-order valence-corrected chi connectivity index (χ1v) is 7.55. The Kier molecular flexibility index (Phi) is 3.88. The highest BCUT2D eigenvalue weighted by atomic mass is 15.2. The Bertz CT molecular complexity index is 594. The normalized spacial score (nSPS) is 19.5. The summed E-state index contributed by atoms with van der Waals surface area (Å²) in [4.78, 5) is 7.23. The molecular formula is C17H23N3. The Labute approximate surface area is 121 Å². The molecule has 1 aromatic heterocycles. The molecule has 0 aliphatic carbocycles. The van der Waals surface area contributed by atoms with E-state index in [0.717, 1.165) is 31.4 Å². The summed E-state index contributed by atoms with van der Waals surface area (Å²) in [7, 11) is 1.98. The number of nitrogens with zero attached hydrogens (tertiary/aromatic N) is 2. The SMILES string of the molecule is CNCc1cnc(N2CCCC(C)C2)c2ccccc12. The molecule has 1 fully saturated rings. The van der Waals surface area contributed by atoms with E-state index < -0.39 is 0 Å². The standard InChI is InChI=1S/C17H23N3/c1-13-6-5-9-20(12-13)17-16-8-4-3-7-15(16)14(10-18-2)11-19-17/h3-4,7-8,11,13,18H,5-6,9-10,12H2,1-2H3. The number of hydrogen-bond acceptors (Lipinski definition) is 3. The second kappa shape index (κ2) is 5.80. The average Bonchev–Trinajstić information content (AvgIpc) is 2.48. The smallest absolute Gasteiger partial charge is 0.136 e. The lowest BCUT2D eigenvalue weighted by Gasteiger charge is -2.32. The maximum absolute atomic E-state index is 4.77. The molecule has 1 aliphatic heterocycles. The molecule has 0 spiro atoms. The molecule has 1 unspecified atom stereocenters. The van der Waals surface area contributed by atoms with Crippen LogP contribution in [-0.4, -0.2) is 25.1 Å². The first-order chi connectivity index (χ1) is 9.79. The van der Waals surface area contributed by atoms with E-state index in [0.29, 0.717) is 0 Å². The van der Waals surface area contributed by atoms with Gasteiger partial charge in [-0.3, -0.25) is 0 Å². The van der Waals surface area contributed by atoms with Crippen LogP contribution in [0.3, 0.4) is 0 Å². The van der Waals surface area contributed by atoms with Gasteiger partial charge in [0.05, 0.1) is 0 Å². The molecule has 1 atom stereocenters. The summed E-state index contributed by atoms with van der Waals surface area (Å²) in [5.74, 6) is 1.92. The van der Waals surface area contributed by atoms with Crippen molar-refractivity contribution in [2.45, 2.75) is 26.3 Å². The zero-order valence-electron chi connectivity index (χ0n) is 12.4. The summed E-state index contributed by atoms with van der Waals surface area (Å²) in [6.07, 6.45) is 4.65. The van der Waals surface area contributed by atoms with Crippen LogP contribution in [0.1, 0.15) is 25.3 Å². The van der Waals surface area contributed by atoms with Crippen LogP contribution >= 0.6 is 0 Å². The van der Waals surface area contributed by atoms with Crippen LogP contribution in [0.5, 0.6) is 0 Å². The minimum atomic E-state index is 0.765. The number of benzene rings is 1. The minimum Gasteiger partial charge on any atom is -0.356 e. The quantitative estimate of drug-likeness (QED) is 0.927. The molecule has 3 nitrogen and oxygen atoms in total. The van der Waals surface area contributed by atoms with Gasteiger partial charge in [0.15, 0.2) is 0 Å². The fraction of sp³-hybridized carbons (Fsp3) is 0.471. The summed E-state index contributed by atoms with van der Waals surface area (Å²) < 4.78 is 0. The average molecular weight is 269 g/mol. The maximum Gasteiger partial charge on any atom is 0.136 e. The molecule has 0 bridgehead atoms. The Morgan fingerprint density at radius 1 is 1.30 bits per heavy atom. The molecule has 106 valence electrons. The van der Waals surface area contributed by atoms with Gasteiger partial charge in [-0.15, -0.1) is 0 Å². The molecule has 0 amide bonds. The van der Waals surface area contributed by atoms with Crippen LogP contribution in [0.25, 0.3) is 10.8 Å². The molecule has 1 N–H and O–H groups in total. The van der Waals surface area contributed by atoms with Gasteiger partial charge >= 0.3 is 0 Å². The Morgan fingerprint density at radius 2 is 2.10 bits per heavy atom. The highest BCUT2D eigenvalue weighted by Crippen LogP contribution is 2.30. The molecule has 1 saturated heterocycles. The summed E-state index contributed by atoms with van der Waals surface area (Å²) in [5, 5.41) is 5.84. The van der Waals surface area contributed by atoms with E-state index in [1.807, 2.05) is 13.2 Å². The van der Waals surface area contributed by atoms with Crippen molar-refractivity contribution in [2.24, 2.45) is 5.92 Å². The van der Waals surface area contributed by atoms with Crippen molar-refractivity contribution in [1.29, 1.82) is 0 Å². The van der Waals surface area contributed by atoms with Crippen molar-refractivity contribution >= 4 is 16.6 Å².